The van der Waals surface area contributed by atoms with Crippen molar-refractivity contribution in [2.75, 3.05) is 12.2 Å². The fraction of sp³-hybridized carbons (Fsp3) is 0.235. The van der Waals surface area contributed by atoms with Gasteiger partial charge >= 0.3 is 5.97 Å². The van der Waals surface area contributed by atoms with E-state index in [9.17, 15) is 14.9 Å². The third-order valence-electron chi connectivity index (χ3n) is 3.07. The van der Waals surface area contributed by atoms with E-state index in [0.29, 0.717) is 17.2 Å². The highest BCUT2D eigenvalue weighted by Crippen LogP contribution is 2.26. The van der Waals surface area contributed by atoms with E-state index in [4.69, 9.17) is 14.2 Å². The van der Waals surface area contributed by atoms with Gasteiger partial charge in [0.25, 0.3) is 5.69 Å². The lowest BCUT2D eigenvalue weighted by Gasteiger charge is -2.14. The number of non-ortho nitro benzene ring substituents is 1. The Hall–Kier alpha value is -2.74. The first-order chi connectivity index (χ1) is 12.0. The number of carbonyl (C=O) groups excluding carboxylic acids is 1. The van der Waals surface area contributed by atoms with Gasteiger partial charge in [-0.25, -0.2) is 4.79 Å². The van der Waals surface area contributed by atoms with Crippen LogP contribution in [-0.4, -0.2) is 29.2 Å². The number of hydrogen-bond acceptors (Lipinski definition) is 7. The summed E-state index contributed by atoms with van der Waals surface area (Å²) < 4.78 is 16.1. The van der Waals surface area contributed by atoms with Crippen LogP contribution in [0.5, 0.6) is 17.2 Å². The van der Waals surface area contributed by atoms with E-state index in [2.05, 4.69) is 0 Å². The molecule has 0 aliphatic rings. The average Bonchev–Trinajstić information content (AvgIpc) is 2.61. The van der Waals surface area contributed by atoms with Crippen LogP contribution in [0, 0.1) is 10.1 Å². The molecule has 0 spiro atoms. The van der Waals surface area contributed by atoms with Crippen LogP contribution in [0.15, 0.2) is 48.5 Å². The molecule has 0 saturated carbocycles. The fourth-order valence-corrected chi connectivity index (χ4v) is 2.08. The molecule has 25 heavy (non-hydrogen) atoms. The van der Waals surface area contributed by atoms with Gasteiger partial charge in [-0.05, 0) is 49.6 Å². The third kappa shape index (κ3) is 5.68. The number of ether oxygens (including phenoxy) is 3. The summed E-state index contributed by atoms with van der Waals surface area (Å²) >= 11 is 1.41. The predicted molar refractivity (Wildman–Crippen MR) is 94.2 cm³/mol. The lowest BCUT2D eigenvalue weighted by Crippen LogP contribution is -2.25. The van der Waals surface area contributed by atoms with Crippen LogP contribution in [0.4, 0.5) is 5.69 Å². The minimum atomic E-state index is -0.714. The summed E-state index contributed by atoms with van der Waals surface area (Å²) in [5.74, 6) is 1.38. The predicted octanol–water partition coefficient (Wildman–Crippen LogP) is 4.02. The number of nitrogens with zero attached hydrogens (tertiary/aromatic N) is 1. The van der Waals surface area contributed by atoms with Crippen molar-refractivity contribution < 1.29 is 23.9 Å². The van der Waals surface area contributed by atoms with Gasteiger partial charge in [-0.2, -0.15) is 0 Å². The molecule has 0 bridgehead atoms. The number of hydrogen-bond donors (Lipinski definition) is 0. The van der Waals surface area contributed by atoms with Gasteiger partial charge < -0.3 is 14.2 Å². The van der Waals surface area contributed by atoms with E-state index in [-0.39, 0.29) is 11.6 Å². The van der Waals surface area contributed by atoms with Crippen molar-refractivity contribution in [3.8, 4) is 17.2 Å². The summed E-state index contributed by atoms with van der Waals surface area (Å²) in [6.07, 6.45) is 1.12. The van der Waals surface area contributed by atoms with E-state index in [0.717, 1.165) is 0 Å². The number of carbonyl (C=O) groups is 1. The largest absolute Gasteiger partial charge is 0.479 e. The molecule has 7 nitrogen and oxygen atoms in total. The maximum Gasteiger partial charge on any atom is 0.347 e. The Labute approximate surface area is 149 Å². The highest BCUT2D eigenvalue weighted by molar-refractivity contribution is 7.98. The molecule has 0 heterocycles. The van der Waals surface area contributed by atoms with E-state index in [1.54, 1.807) is 31.2 Å². The first-order valence-electron chi connectivity index (χ1n) is 7.34. The van der Waals surface area contributed by atoms with Crippen molar-refractivity contribution in [1.29, 1.82) is 0 Å². The van der Waals surface area contributed by atoms with Crippen molar-refractivity contribution in [3.63, 3.8) is 0 Å². The molecule has 0 amide bonds. The second-order valence-corrected chi connectivity index (χ2v) is 5.77. The molecule has 0 radical (unpaired) electrons. The number of esters is 1. The molecule has 8 heteroatoms. The van der Waals surface area contributed by atoms with Gasteiger partial charge in [-0.3, -0.25) is 10.1 Å². The van der Waals surface area contributed by atoms with Crippen LogP contribution >= 0.6 is 11.8 Å². The molecular formula is C17H17NO6S. The standard InChI is InChI=1S/C17H17NO6S/c1-12(17(19)22-11-25-2)23-14-7-9-16(10-8-14)24-15-5-3-13(4-6-15)18(20)21/h3-10,12H,11H2,1-2H3. The van der Waals surface area contributed by atoms with Gasteiger partial charge in [0.1, 0.15) is 23.2 Å². The maximum atomic E-state index is 11.7. The Balaban J connectivity index is 1.93. The Morgan fingerprint density at radius 1 is 1.08 bits per heavy atom. The van der Waals surface area contributed by atoms with Crippen molar-refractivity contribution in [2.24, 2.45) is 0 Å². The normalized spacial score (nSPS) is 11.4. The highest BCUT2D eigenvalue weighted by atomic mass is 32.2. The van der Waals surface area contributed by atoms with Gasteiger partial charge in [0.05, 0.1) is 4.92 Å². The Kier molecular flexibility index (Phi) is 6.64. The lowest BCUT2D eigenvalue weighted by atomic mass is 10.3. The van der Waals surface area contributed by atoms with Crippen molar-refractivity contribution in [2.45, 2.75) is 13.0 Å². The SMILES string of the molecule is CSCOC(=O)C(C)Oc1ccc(Oc2ccc([N+](=O)[O-])cc2)cc1. The van der Waals surface area contributed by atoms with E-state index < -0.39 is 17.0 Å². The molecule has 1 unspecified atom stereocenters. The fourth-order valence-electron chi connectivity index (χ4n) is 1.84. The van der Waals surface area contributed by atoms with Gasteiger partial charge in [-0.15, -0.1) is 11.8 Å². The molecule has 0 saturated heterocycles. The topological polar surface area (TPSA) is 87.9 Å². The van der Waals surface area contributed by atoms with Crippen LogP contribution in [0.3, 0.4) is 0 Å². The van der Waals surface area contributed by atoms with Crippen LogP contribution in [0.1, 0.15) is 6.92 Å². The summed E-state index contributed by atoms with van der Waals surface area (Å²) in [5.41, 5.74) is -0.00144. The molecule has 0 aliphatic carbocycles. The second kappa shape index (κ2) is 8.93. The quantitative estimate of drug-likeness (QED) is 0.303. The van der Waals surface area contributed by atoms with E-state index in [1.807, 2.05) is 6.26 Å². The van der Waals surface area contributed by atoms with Crippen LogP contribution in [0.2, 0.25) is 0 Å². The monoisotopic (exact) mass is 363 g/mol. The zero-order chi connectivity index (χ0) is 18.2. The minimum absolute atomic E-state index is 0.00144. The maximum absolute atomic E-state index is 11.7. The smallest absolute Gasteiger partial charge is 0.347 e. The molecule has 0 N–H and O–H groups in total. The van der Waals surface area contributed by atoms with Crippen LogP contribution in [-0.2, 0) is 9.53 Å². The number of benzene rings is 2. The van der Waals surface area contributed by atoms with Crippen molar-refractivity contribution in [1.82, 2.24) is 0 Å². The Morgan fingerprint density at radius 3 is 2.12 bits per heavy atom. The van der Waals surface area contributed by atoms with E-state index >= 15 is 0 Å². The first-order valence-corrected chi connectivity index (χ1v) is 8.73. The summed E-state index contributed by atoms with van der Waals surface area (Å²) in [5, 5.41) is 10.6. The van der Waals surface area contributed by atoms with Gasteiger partial charge in [0, 0.05) is 12.1 Å². The van der Waals surface area contributed by atoms with E-state index in [1.165, 1.54) is 36.0 Å². The van der Waals surface area contributed by atoms with Crippen molar-refractivity contribution >= 4 is 23.4 Å². The van der Waals surface area contributed by atoms with Gasteiger partial charge in [0.15, 0.2) is 6.10 Å². The molecular weight excluding hydrogens is 346 g/mol. The number of nitro benzene ring substituents is 1. The van der Waals surface area contributed by atoms with Gasteiger partial charge in [0.2, 0.25) is 0 Å². The molecule has 132 valence electrons. The average molecular weight is 363 g/mol. The second-order valence-electron chi connectivity index (χ2n) is 4.95. The molecule has 2 rings (SSSR count). The Morgan fingerprint density at radius 2 is 1.60 bits per heavy atom. The Bertz CT molecular complexity index is 717. The van der Waals surface area contributed by atoms with Gasteiger partial charge in [-0.1, -0.05) is 0 Å². The summed E-state index contributed by atoms with van der Waals surface area (Å²) in [6.45, 7) is 1.62. The molecule has 0 aromatic heterocycles. The summed E-state index contributed by atoms with van der Waals surface area (Å²) in [4.78, 5) is 21.8. The zero-order valence-corrected chi connectivity index (χ0v) is 14.5. The molecule has 0 fully saturated rings. The number of thioether (sulfide) groups is 1. The summed E-state index contributed by atoms with van der Waals surface area (Å²) in [6, 6.07) is 12.5. The number of nitro groups is 1. The van der Waals surface area contributed by atoms with Crippen LogP contribution < -0.4 is 9.47 Å². The van der Waals surface area contributed by atoms with Crippen molar-refractivity contribution in [3.05, 3.63) is 58.6 Å². The lowest BCUT2D eigenvalue weighted by molar-refractivity contribution is -0.384. The zero-order valence-electron chi connectivity index (χ0n) is 13.7. The minimum Gasteiger partial charge on any atom is -0.479 e. The molecule has 1 atom stereocenters. The first kappa shape index (κ1) is 18.6. The van der Waals surface area contributed by atoms with Crippen LogP contribution in [0.25, 0.3) is 0 Å². The highest BCUT2D eigenvalue weighted by Gasteiger charge is 2.16. The summed E-state index contributed by atoms with van der Waals surface area (Å²) in [7, 11) is 0. The number of rotatable bonds is 8. The molecule has 2 aromatic carbocycles. The third-order valence-corrected chi connectivity index (χ3v) is 3.42. The molecule has 2 aromatic rings. The molecule has 0 aliphatic heterocycles.